The van der Waals surface area contributed by atoms with Crippen LogP contribution in [-0.4, -0.2) is 25.5 Å². The highest BCUT2D eigenvalue weighted by Gasteiger charge is 2.07. The Bertz CT molecular complexity index is 905. The van der Waals surface area contributed by atoms with Crippen LogP contribution in [0.5, 0.6) is 0 Å². The van der Waals surface area contributed by atoms with Crippen LogP contribution in [0, 0.1) is 0 Å². The maximum Gasteiger partial charge on any atom is 0.255 e. The van der Waals surface area contributed by atoms with Crippen LogP contribution >= 0.6 is 0 Å². The van der Waals surface area contributed by atoms with Crippen molar-refractivity contribution in [3.05, 3.63) is 84.4 Å². The number of methoxy groups -OCH3 is 1. The molecule has 5 nitrogen and oxygen atoms in total. The highest BCUT2D eigenvalue weighted by atomic mass is 16.5. The molecule has 5 heteroatoms. The zero-order valence-electron chi connectivity index (χ0n) is 14.9. The first-order valence-electron chi connectivity index (χ1n) is 8.51. The van der Waals surface area contributed by atoms with Crippen LogP contribution in [0.15, 0.2) is 78.9 Å². The monoisotopic (exact) mass is 360 g/mol. The number of amides is 2. The molecule has 0 saturated carbocycles. The summed E-state index contributed by atoms with van der Waals surface area (Å²) in [5.74, 6) is -0.418. The molecule has 0 aliphatic carbocycles. The number of rotatable bonds is 6. The van der Waals surface area contributed by atoms with Gasteiger partial charge in [-0.25, -0.2) is 0 Å². The molecular weight excluding hydrogens is 340 g/mol. The normalized spacial score (nSPS) is 10.3. The number of ether oxygens (including phenoxy) is 1. The van der Waals surface area contributed by atoms with Crippen LogP contribution in [0.3, 0.4) is 0 Å². The van der Waals surface area contributed by atoms with Crippen molar-refractivity contribution in [3.63, 3.8) is 0 Å². The van der Waals surface area contributed by atoms with E-state index >= 15 is 0 Å². The summed E-state index contributed by atoms with van der Waals surface area (Å²) in [6.07, 6.45) is 0. The van der Waals surface area contributed by atoms with Crippen molar-refractivity contribution in [1.82, 2.24) is 0 Å². The van der Waals surface area contributed by atoms with Gasteiger partial charge in [-0.3, -0.25) is 9.59 Å². The summed E-state index contributed by atoms with van der Waals surface area (Å²) in [6, 6.07) is 24.4. The highest BCUT2D eigenvalue weighted by Crippen LogP contribution is 2.20. The summed E-state index contributed by atoms with van der Waals surface area (Å²) in [5.41, 5.74) is 4.03. The van der Waals surface area contributed by atoms with Crippen LogP contribution in [0.2, 0.25) is 0 Å². The van der Waals surface area contributed by atoms with Gasteiger partial charge in [0.1, 0.15) is 6.61 Å². The first-order valence-corrected chi connectivity index (χ1v) is 8.51. The SMILES string of the molecule is COCC(=O)Nc1ccc(NC(=O)c2ccc(-c3ccccc3)cc2)cc1. The van der Waals surface area contributed by atoms with E-state index in [1.54, 1.807) is 36.4 Å². The number of benzene rings is 3. The average molecular weight is 360 g/mol. The van der Waals surface area contributed by atoms with Gasteiger partial charge in [0.25, 0.3) is 5.91 Å². The van der Waals surface area contributed by atoms with Crippen molar-refractivity contribution in [2.45, 2.75) is 0 Å². The third-order valence-corrected chi connectivity index (χ3v) is 3.96. The fourth-order valence-electron chi connectivity index (χ4n) is 2.61. The lowest BCUT2D eigenvalue weighted by Crippen LogP contribution is -2.17. The fraction of sp³-hybridized carbons (Fsp3) is 0.0909. The average Bonchev–Trinajstić information content (AvgIpc) is 2.70. The van der Waals surface area contributed by atoms with Gasteiger partial charge in [0.05, 0.1) is 0 Å². The van der Waals surface area contributed by atoms with E-state index in [0.717, 1.165) is 11.1 Å². The summed E-state index contributed by atoms with van der Waals surface area (Å²) in [4.78, 5) is 23.9. The maximum atomic E-state index is 12.4. The quantitative estimate of drug-likeness (QED) is 0.693. The van der Waals surface area contributed by atoms with E-state index in [4.69, 9.17) is 4.74 Å². The lowest BCUT2D eigenvalue weighted by atomic mass is 10.0. The molecule has 0 unspecified atom stereocenters. The Morgan fingerprint density at radius 3 is 1.89 bits per heavy atom. The van der Waals surface area contributed by atoms with Gasteiger partial charge in [-0.05, 0) is 47.5 Å². The summed E-state index contributed by atoms with van der Waals surface area (Å²) in [6.45, 7) is -0.00252. The lowest BCUT2D eigenvalue weighted by Gasteiger charge is -2.08. The number of hydrogen-bond donors (Lipinski definition) is 2. The first kappa shape index (κ1) is 18.4. The van der Waals surface area contributed by atoms with E-state index in [-0.39, 0.29) is 18.4 Å². The van der Waals surface area contributed by atoms with Crippen molar-refractivity contribution in [1.29, 1.82) is 0 Å². The van der Waals surface area contributed by atoms with Crippen LogP contribution in [0.4, 0.5) is 11.4 Å². The molecule has 0 aromatic heterocycles. The molecule has 0 bridgehead atoms. The van der Waals surface area contributed by atoms with Gasteiger partial charge >= 0.3 is 0 Å². The van der Waals surface area contributed by atoms with Crippen molar-refractivity contribution in [2.75, 3.05) is 24.4 Å². The van der Waals surface area contributed by atoms with Crippen molar-refractivity contribution >= 4 is 23.2 Å². The van der Waals surface area contributed by atoms with E-state index in [1.807, 2.05) is 42.5 Å². The second-order valence-electron chi connectivity index (χ2n) is 5.96. The summed E-state index contributed by atoms with van der Waals surface area (Å²) in [5, 5.41) is 5.55. The minimum atomic E-state index is -0.229. The van der Waals surface area contributed by atoms with Gasteiger partial charge < -0.3 is 15.4 Å². The number of hydrogen-bond acceptors (Lipinski definition) is 3. The molecule has 0 radical (unpaired) electrons. The summed E-state index contributed by atoms with van der Waals surface area (Å²) < 4.78 is 4.77. The molecule has 3 rings (SSSR count). The fourth-order valence-corrected chi connectivity index (χ4v) is 2.61. The molecule has 0 fully saturated rings. The predicted molar refractivity (Wildman–Crippen MR) is 107 cm³/mol. The van der Waals surface area contributed by atoms with Crippen molar-refractivity contribution in [2.24, 2.45) is 0 Å². The topological polar surface area (TPSA) is 67.4 Å². The van der Waals surface area contributed by atoms with E-state index in [0.29, 0.717) is 16.9 Å². The van der Waals surface area contributed by atoms with E-state index in [2.05, 4.69) is 10.6 Å². The van der Waals surface area contributed by atoms with Crippen LogP contribution in [0.1, 0.15) is 10.4 Å². The van der Waals surface area contributed by atoms with E-state index < -0.39 is 0 Å². The smallest absolute Gasteiger partial charge is 0.255 e. The van der Waals surface area contributed by atoms with E-state index in [1.165, 1.54) is 7.11 Å². The van der Waals surface area contributed by atoms with Gasteiger partial charge in [-0.2, -0.15) is 0 Å². The van der Waals surface area contributed by atoms with Crippen LogP contribution < -0.4 is 10.6 Å². The molecule has 0 heterocycles. The second kappa shape index (κ2) is 8.78. The molecule has 0 atom stereocenters. The molecule has 0 saturated heterocycles. The Morgan fingerprint density at radius 1 is 0.741 bits per heavy atom. The van der Waals surface area contributed by atoms with Gasteiger partial charge in [-0.15, -0.1) is 0 Å². The van der Waals surface area contributed by atoms with Crippen molar-refractivity contribution in [3.8, 4) is 11.1 Å². The third kappa shape index (κ3) is 5.03. The first-order chi connectivity index (χ1) is 13.2. The standard InChI is InChI=1S/C22H20N2O3/c1-27-15-21(25)23-19-11-13-20(14-12-19)24-22(26)18-9-7-17(8-10-18)16-5-3-2-4-6-16/h2-14H,15H2,1H3,(H,23,25)(H,24,26). The maximum absolute atomic E-state index is 12.4. The minimum Gasteiger partial charge on any atom is -0.375 e. The van der Waals surface area contributed by atoms with E-state index in [9.17, 15) is 9.59 Å². The number of carbonyl (C=O) groups excluding carboxylic acids is 2. The van der Waals surface area contributed by atoms with Gasteiger partial charge in [0.2, 0.25) is 5.91 Å². The number of anilines is 2. The molecule has 0 aliphatic rings. The third-order valence-electron chi connectivity index (χ3n) is 3.96. The molecule has 0 spiro atoms. The lowest BCUT2D eigenvalue weighted by molar-refractivity contribution is -0.119. The molecule has 3 aromatic rings. The molecule has 3 aromatic carbocycles. The Balaban J connectivity index is 1.62. The van der Waals surface area contributed by atoms with Crippen LogP contribution in [0.25, 0.3) is 11.1 Å². The highest BCUT2D eigenvalue weighted by molar-refractivity contribution is 6.04. The van der Waals surface area contributed by atoms with Gasteiger partial charge in [-0.1, -0.05) is 42.5 Å². The Kier molecular flexibility index (Phi) is 5.97. The predicted octanol–water partition coefficient (Wildman–Crippen LogP) is 4.19. The number of nitrogens with one attached hydrogen (secondary N) is 2. The Morgan fingerprint density at radius 2 is 1.30 bits per heavy atom. The molecular formula is C22H20N2O3. The van der Waals surface area contributed by atoms with Crippen molar-refractivity contribution < 1.29 is 14.3 Å². The summed E-state index contributed by atoms with van der Waals surface area (Å²) >= 11 is 0. The molecule has 0 aliphatic heterocycles. The summed E-state index contributed by atoms with van der Waals surface area (Å²) in [7, 11) is 1.46. The molecule has 27 heavy (non-hydrogen) atoms. The second-order valence-corrected chi connectivity index (χ2v) is 5.96. The largest absolute Gasteiger partial charge is 0.375 e. The van der Waals surface area contributed by atoms with Crippen LogP contribution in [-0.2, 0) is 9.53 Å². The zero-order chi connectivity index (χ0) is 19.1. The molecule has 2 amide bonds. The number of carbonyl (C=O) groups is 2. The molecule has 2 N–H and O–H groups in total. The minimum absolute atomic E-state index is 0.00252. The van der Waals surface area contributed by atoms with Gasteiger partial charge in [0.15, 0.2) is 0 Å². The Labute approximate surface area is 158 Å². The Hall–Kier alpha value is -3.44. The van der Waals surface area contributed by atoms with Gasteiger partial charge in [0, 0.05) is 24.0 Å². The zero-order valence-corrected chi connectivity index (χ0v) is 14.9. The molecule has 136 valence electrons.